The maximum Gasteiger partial charge on any atom is 0.193 e. The van der Waals surface area contributed by atoms with Crippen LogP contribution in [0.15, 0.2) is 47.5 Å². The molecule has 2 rings (SSSR count). The molecule has 0 unspecified atom stereocenters. The average molecular weight is 285 g/mol. The molecule has 0 heterocycles. The summed E-state index contributed by atoms with van der Waals surface area (Å²) in [6.45, 7) is 2.28. The van der Waals surface area contributed by atoms with E-state index in [1.807, 2.05) is 31.2 Å². The van der Waals surface area contributed by atoms with Crippen molar-refractivity contribution in [1.82, 2.24) is 0 Å². The highest BCUT2D eigenvalue weighted by atomic mass is 16.5. The van der Waals surface area contributed by atoms with Crippen LogP contribution in [0.25, 0.3) is 0 Å². The third-order valence-electron chi connectivity index (χ3n) is 3.00. The highest BCUT2D eigenvalue weighted by molar-refractivity contribution is 5.92. The molecule has 0 atom stereocenters. The number of nitrogens with zero attached hydrogens (tertiary/aromatic N) is 1. The number of rotatable bonds is 4. The molecule has 0 spiro atoms. The molecule has 0 aliphatic carbocycles. The molecular weight excluding hydrogens is 266 g/mol. The number of phenolic OH excluding ortho intramolecular Hbond substituents is 1. The smallest absolute Gasteiger partial charge is 0.193 e. The van der Waals surface area contributed by atoms with Gasteiger partial charge in [-0.2, -0.15) is 0 Å². The lowest BCUT2D eigenvalue weighted by molar-refractivity contribution is 0.411. The molecule has 110 valence electrons. The highest BCUT2D eigenvalue weighted by Gasteiger charge is 2.03. The van der Waals surface area contributed by atoms with E-state index >= 15 is 0 Å². The molecular formula is C16H19N3O2. The maximum absolute atomic E-state index is 9.78. The molecule has 21 heavy (non-hydrogen) atoms. The Hall–Kier alpha value is -2.69. The van der Waals surface area contributed by atoms with Crippen LogP contribution in [0.2, 0.25) is 0 Å². The van der Waals surface area contributed by atoms with Crippen molar-refractivity contribution in [3.63, 3.8) is 0 Å². The third kappa shape index (κ3) is 4.14. The summed E-state index contributed by atoms with van der Waals surface area (Å²) in [4.78, 5) is 4.22. The molecule has 0 aliphatic rings. The van der Waals surface area contributed by atoms with Crippen LogP contribution >= 0.6 is 0 Å². The van der Waals surface area contributed by atoms with E-state index in [0.29, 0.717) is 17.3 Å². The number of methoxy groups -OCH3 is 1. The van der Waals surface area contributed by atoms with Gasteiger partial charge in [-0.15, -0.1) is 0 Å². The van der Waals surface area contributed by atoms with Gasteiger partial charge in [-0.05, 0) is 42.8 Å². The van der Waals surface area contributed by atoms with Gasteiger partial charge in [0.15, 0.2) is 5.96 Å². The highest BCUT2D eigenvalue weighted by Crippen LogP contribution is 2.23. The molecule has 0 aliphatic heterocycles. The number of nitrogens with one attached hydrogen (secondary N) is 1. The Morgan fingerprint density at radius 3 is 2.81 bits per heavy atom. The number of hydrogen-bond donors (Lipinski definition) is 3. The largest absolute Gasteiger partial charge is 0.508 e. The lowest BCUT2D eigenvalue weighted by Crippen LogP contribution is -2.22. The van der Waals surface area contributed by atoms with Gasteiger partial charge in [0.1, 0.15) is 11.5 Å². The van der Waals surface area contributed by atoms with Crippen LogP contribution in [-0.4, -0.2) is 18.2 Å². The monoisotopic (exact) mass is 285 g/mol. The second-order valence-electron chi connectivity index (χ2n) is 4.69. The van der Waals surface area contributed by atoms with Gasteiger partial charge in [-0.1, -0.05) is 12.1 Å². The van der Waals surface area contributed by atoms with Crippen molar-refractivity contribution in [2.75, 3.05) is 12.4 Å². The molecule has 0 aromatic heterocycles. The van der Waals surface area contributed by atoms with Crippen molar-refractivity contribution in [1.29, 1.82) is 0 Å². The molecule has 0 saturated heterocycles. The molecule has 0 saturated carbocycles. The normalized spacial score (nSPS) is 11.2. The molecule has 5 nitrogen and oxygen atoms in total. The molecule has 2 aromatic carbocycles. The number of aromatic hydroxyl groups is 1. The first-order valence-corrected chi connectivity index (χ1v) is 6.58. The number of aryl methyl sites for hydroxylation is 1. The van der Waals surface area contributed by atoms with Gasteiger partial charge in [0.05, 0.1) is 13.7 Å². The van der Waals surface area contributed by atoms with Gasteiger partial charge in [0.25, 0.3) is 0 Å². The summed E-state index contributed by atoms with van der Waals surface area (Å²) in [6, 6.07) is 12.8. The zero-order valence-electron chi connectivity index (χ0n) is 12.1. The van der Waals surface area contributed by atoms with Crippen LogP contribution in [-0.2, 0) is 6.54 Å². The zero-order valence-corrected chi connectivity index (χ0v) is 12.1. The van der Waals surface area contributed by atoms with Crippen LogP contribution in [0.5, 0.6) is 11.5 Å². The van der Waals surface area contributed by atoms with Gasteiger partial charge in [0.2, 0.25) is 0 Å². The van der Waals surface area contributed by atoms with Crippen LogP contribution in [0.3, 0.4) is 0 Å². The van der Waals surface area contributed by atoms with E-state index in [9.17, 15) is 5.11 Å². The van der Waals surface area contributed by atoms with E-state index in [4.69, 9.17) is 10.5 Å². The molecule has 4 N–H and O–H groups in total. The standard InChI is InChI=1S/C16H19N3O2/c1-11-4-3-5-13(8-11)19-16(17)18-10-12-9-14(21-2)6-7-15(12)20/h3-9,20H,10H2,1-2H3,(H3,17,18,19). The minimum atomic E-state index is 0.169. The SMILES string of the molecule is COc1ccc(O)c(CN=C(N)Nc2cccc(C)c2)c1. The number of phenols is 1. The predicted molar refractivity (Wildman–Crippen MR) is 84.8 cm³/mol. The lowest BCUT2D eigenvalue weighted by Gasteiger charge is -2.08. The molecule has 5 heteroatoms. The Morgan fingerprint density at radius 1 is 1.29 bits per heavy atom. The van der Waals surface area contributed by atoms with Crippen LogP contribution in [0.1, 0.15) is 11.1 Å². The summed E-state index contributed by atoms with van der Waals surface area (Å²) >= 11 is 0. The summed E-state index contributed by atoms with van der Waals surface area (Å²) in [5, 5.41) is 12.8. The van der Waals surface area contributed by atoms with E-state index in [1.165, 1.54) is 0 Å². The quantitative estimate of drug-likeness (QED) is 0.596. The first-order valence-electron chi connectivity index (χ1n) is 6.58. The van der Waals surface area contributed by atoms with E-state index in [0.717, 1.165) is 11.3 Å². The summed E-state index contributed by atoms with van der Waals surface area (Å²) in [5.74, 6) is 1.13. The van der Waals surface area contributed by atoms with Crippen molar-refractivity contribution in [2.24, 2.45) is 10.7 Å². The Balaban J connectivity index is 2.06. The Bertz CT molecular complexity index is 654. The second-order valence-corrected chi connectivity index (χ2v) is 4.69. The Kier molecular flexibility index (Phi) is 4.66. The first-order chi connectivity index (χ1) is 10.1. The average Bonchev–Trinajstić information content (AvgIpc) is 2.46. The zero-order chi connectivity index (χ0) is 15.2. The summed E-state index contributed by atoms with van der Waals surface area (Å²) in [6.07, 6.45) is 0. The van der Waals surface area contributed by atoms with Crippen molar-refractivity contribution >= 4 is 11.6 Å². The van der Waals surface area contributed by atoms with Gasteiger partial charge in [-0.25, -0.2) is 4.99 Å². The minimum Gasteiger partial charge on any atom is -0.508 e. The van der Waals surface area contributed by atoms with Crippen LogP contribution in [0.4, 0.5) is 5.69 Å². The number of hydrogen-bond acceptors (Lipinski definition) is 3. The van der Waals surface area contributed by atoms with Gasteiger partial charge >= 0.3 is 0 Å². The fourth-order valence-corrected chi connectivity index (χ4v) is 1.90. The van der Waals surface area contributed by atoms with Gasteiger partial charge < -0.3 is 20.9 Å². The second kappa shape index (κ2) is 6.65. The molecule has 0 bridgehead atoms. The molecule has 0 fully saturated rings. The Labute approximate surface area is 124 Å². The summed E-state index contributed by atoms with van der Waals surface area (Å²) < 4.78 is 5.12. The first kappa shape index (κ1) is 14.7. The van der Waals surface area contributed by atoms with Gasteiger partial charge in [-0.3, -0.25) is 0 Å². The fourth-order valence-electron chi connectivity index (χ4n) is 1.90. The summed E-state index contributed by atoms with van der Waals surface area (Å²) in [5.41, 5.74) is 8.52. The number of benzene rings is 2. The van der Waals surface area contributed by atoms with Crippen molar-refractivity contribution in [2.45, 2.75) is 13.5 Å². The van der Waals surface area contributed by atoms with Gasteiger partial charge in [0, 0.05) is 11.3 Å². The number of aliphatic imine (C=N–C) groups is 1. The fraction of sp³-hybridized carbons (Fsp3) is 0.188. The number of nitrogens with two attached hydrogens (primary N) is 1. The third-order valence-corrected chi connectivity index (χ3v) is 3.00. The molecule has 0 radical (unpaired) electrons. The van der Waals surface area contributed by atoms with Crippen LogP contribution in [0, 0.1) is 6.92 Å². The van der Waals surface area contributed by atoms with Crippen molar-refractivity contribution < 1.29 is 9.84 Å². The Morgan fingerprint density at radius 2 is 2.10 bits per heavy atom. The van der Waals surface area contributed by atoms with E-state index < -0.39 is 0 Å². The van der Waals surface area contributed by atoms with E-state index in [2.05, 4.69) is 10.3 Å². The van der Waals surface area contributed by atoms with Crippen molar-refractivity contribution in [3.05, 3.63) is 53.6 Å². The van der Waals surface area contributed by atoms with E-state index in [-0.39, 0.29) is 12.3 Å². The minimum absolute atomic E-state index is 0.169. The topological polar surface area (TPSA) is 79.9 Å². The van der Waals surface area contributed by atoms with E-state index in [1.54, 1.807) is 25.3 Å². The van der Waals surface area contributed by atoms with Crippen LogP contribution < -0.4 is 15.8 Å². The molecule has 0 amide bonds. The molecule has 2 aromatic rings. The number of anilines is 1. The predicted octanol–water partition coefficient (Wildman–Crippen LogP) is 2.64. The lowest BCUT2D eigenvalue weighted by atomic mass is 10.2. The van der Waals surface area contributed by atoms with Crippen molar-refractivity contribution in [3.8, 4) is 11.5 Å². The summed E-state index contributed by atoms with van der Waals surface area (Å²) in [7, 11) is 1.58. The maximum atomic E-state index is 9.78. The number of ether oxygens (including phenoxy) is 1. The number of guanidine groups is 1.